The van der Waals surface area contributed by atoms with Crippen molar-refractivity contribution in [1.82, 2.24) is 14.6 Å². The van der Waals surface area contributed by atoms with Gasteiger partial charge >= 0.3 is 0 Å². The van der Waals surface area contributed by atoms with E-state index in [0.717, 1.165) is 11.1 Å². The number of thioether (sulfide) groups is 1. The Morgan fingerprint density at radius 2 is 1.89 bits per heavy atom. The van der Waals surface area contributed by atoms with E-state index in [2.05, 4.69) is 15.4 Å². The van der Waals surface area contributed by atoms with E-state index >= 15 is 0 Å². The number of rotatable bonds is 5. The molecular weight excluding hydrogens is 399 g/mol. The van der Waals surface area contributed by atoms with E-state index in [1.165, 1.54) is 23.9 Å². The summed E-state index contributed by atoms with van der Waals surface area (Å²) in [6.45, 7) is 0. The zero-order valence-corrected chi connectivity index (χ0v) is 16.0. The molecule has 4 rings (SSSR count). The fourth-order valence-electron chi connectivity index (χ4n) is 2.64. The highest BCUT2D eigenvalue weighted by atomic mass is 35.5. The standard InChI is InChI=1S/C20H14ClFN4OS/c21-14-3-7-16(8-4-14)24-19(27)12-28-20-18-11-17(25-26(18)10-9-23-20)13-1-5-15(22)6-2-13/h1-11H,12H2,(H,24,27). The minimum Gasteiger partial charge on any atom is -0.325 e. The van der Waals surface area contributed by atoms with Crippen LogP contribution in [-0.2, 0) is 4.79 Å². The first-order valence-electron chi connectivity index (χ1n) is 8.37. The Morgan fingerprint density at radius 3 is 2.64 bits per heavy atom. The van der Waals surface area contributed by atoms with Gasteiger partial charge in [0.2, 0.25) is 5.91 Å². The average molecular weight is 413 g/mol. The summed E-state index contributed by atoms with van der Waals surface area (Å²) in [5.41, 5.74) is 2.98. The lowest BCUT2D eigenvalue weighted by Gasteiger charge is -2.05. The van der Waals surface area contributed by atoms with Crippen LogP contribution in [0.1, 0.15) is 0 Å². The molecule has 0 unspecified atom stereocenters. The van der Waals surface area contributed by atoms with E-state index in [4.69, 9.17) is 11.6 Å². The second-order valence-electron chi connectivity index (χ2n) is 5.94. The Morgan fingerprint density at radius 1 is 1.14 bits per heavy atom. The van der Waals surface area contributed by atoms with E-state index in [9.17, 15) is 9.18 Å². The van der Waals surface area contributed by atoms with Crippen LogP contribution in [-0.4, -0.2) is 26.3 Å². The SMILES string of the molecule is O=C(CSc1nccn2nc(-c3ccc(F)cc3)cc12)Nc1ccc(Cl)cc1. The van der Waals surface area contributed by atoms with Crippen LogP contribution in [0.2, 0.25) is 5.02 Å². The Hall–Kier alpha value is -2.90. The number of hydrogen-bond acceptors (Lipinski definition) is 4. The third-order valence-electron chi connectivity index (χ3n) is 3.96. The number of fused-ring (bicyclic) bond motifs is 1. The van der Waals surface area contributed by atoms with Crippen molar-refractivity contribution in [3.05, 3.63) is 77.8 Å². The molecule has 5 nitrogen and oxygen atoms in total. The monoisotopic (exact) mass is 412 g/mol. The van der Waals surface area contributed by atoms with E-state index in [-0.39, 0.29) is 17.5 Å². The quantitative estimate of drug-likeness (QED) is 0.473. The molecule has 0 saturated carbocycles. The lowest BCUT2D eigenvalue weighted by Crippen LogP contribution is -2.14. The maximum Gasteiger partial charge on any atom is 0.234 e. The number of amides is 1. The van der Waals surface area contributed by atoms with Crippen molar-refractivity contribution in [3.8, 4) is 11.3 Å². The topological polar surface area (TPSA) is 59.3 Å². The molecule has 8 heteroatoms. The number of carbonyl (C=O) groups is 1. The van der Waals surface area contributed by atoms with Crippen LogP contribution < -0.4 is 5.32 Å². The Kier molecular flexibility index (Phi) is 5.27. The molecule has 0 aliphatic heterocycles. The molecule has 2 heterocycles. The van der Waals surface area contributed by atoms with Gasteiger partial charge in [0.25, 0.3) is 0 Å². The normalized spacial score (nSPS) is 10.9. The van der Waals surface area contributed by atoms with E-state index in [1.54, 1.807) is 53.3 Å². The van der Waals surface area contributed by atoms with Crippen LogP contribution in [0.5, 0.6) is 0 Å². The predicted octanol–water partition coefficient (Wildman–Crippen LogP) is 4.92. The number of nitrogens with zero attached hydrogens (tertiary/aromatic N) is 3. The first-order chi connectivity index (χ1) is 13.6. The van der Waals surface area contributed by atoms with Crippen molar-refractivity contribution in [2.45, 2.75) is 5.03 Å². The highest BCUT2D eigenvalue weighted by Gasteiger charge is 2.12. The van der Waals surface area contributed by atoms with Gasteiger partial charge in [0, 0.05) is 28.7 Å². The van der Waals surface area contributed by atoms with Crippen molar-refractivity contribution < 1.29 is 9.18 Å². The van der Waals surface area contributed by atoms with Crippen molar-refractivity contribution in [2.75, 3.05) is 11.1 Å². The number of aromatic nitrogens is 3. The molecule has 4 aromatic rings. The van der Waals surface area contributed by atoms with Crippen LogP contribution in [0.4, 0.5) is 10.1 Å². The van der Waals surface area contributed by atoms with Crippen molar-refractivity contribution in [2.24, 2.45) is 0 Å². The van der Waals surface area contributed by atoms with E-state index < -0.39 is 0 Å². The van der Waals surface area contributed by atoms with Crippen LogP contribution in [0, 0.1) is 5.82 Å². The summed E-state index contributed by atoms with van der Waals surface area (Å²) >= 11 is 7.17. The molecule has 0 aliphatic carbocycles. The van der Waals surface area contributed by atoms with Crippen LogP contribution in [0.25, 0.3) is 16.8 Å². The molecule has 0 fully saturated rings. The molecular formula is C20H14ClFN4OS. The smallest absolute Gasteiger partial charge is 0.234 e. The van der Waals surface area contributed by atoms with Gasteiger partial charge in [0.05, 0.1) is 17.0 Å². The molecule has 2 aromatic heterocycles. The molecule has 0 spiro atoms. The third-order valence-corrected chi connectivity index (χ3v) is 5.21. The van der Waals surface area contributed by atoms with E-state index in [0.29, 0.717) is 21.4 Å². The van der Waals surface area contributed by atoms with Gasteiger partial charge in [0.15, 0.2) is 0 Å². The minimum atomic E-state index is -0.294. The zero-order valence-electron chi connectivity index (χ0n) is 14.5. The second-order valence-corrected chi connectivity index (χ2v) is 7.34. The summed E-state index contributed by atoms with van der Waals surface area (Å²) in [6.07, 6.45) is 3.37. The molecule has 28 heavy (non-hydrogen) atoms. The average Bonchev–Trinajstić information content (AvgIpc) is 3.13. The van der Waals surface area contributed by atoms with E-state index in [1.807, 2.05) is 6.07 Å². The molecule has 140 valence electrons. The molecule has 1 N–H and O–H groups in total. The number of carbonyl (C=O) groups excluding carboxylic acids is 1. The van der Waals surface area contributed by atoms with Crippen LogP contribution in [0.15, 0.2) is 72.0 Å². The molecule has 0 bridgehead atoms. The van der Waals surface area contributed by atoms with Crippen LogP contribution in [0.3, 0.4) is 0 Å². The molecule has 0 aliphatic rings. The maximum atomic E-state index is 13.1. The van der Waals surface area contributed by atoms with Crippen molar-refractivity contribution in [1.29, 1.82) is 0 Å². The van der Waals surface area contributed by atoms with Gasteiger partial charge in [0.1, 0.15) is 10.8 Å². The van der Waals surface area contributed by atoms with Gasteiger partial charge in [-0.2, -0.15) is 5.10 Å². The zero-order chi connectivity index (χ0) is 19.5. The Labute approximate surface area is 169 Å². The van der Waals surface area contributed by atoms with Gasteiger partial charge in [-0.05, 0) is 54.6 Å². The fourth-order valence-corrected chi connectivity index (χ4v) is 3.54. The summed E-state index contributed by atoms with van der Waals surface area (Å²) in [7, 11) is 0. The lowest BCUT2D eigenvalue weighted by molar-refractivity contribution is -0.113. The largest absolute Gasteiger partial charge is 0.325 e. The molecule has 0 atom stereocenters. The summed E-state index contributed by atoms with van der Waals surface area (Å²) in [6, 6.07) is 15.0. The highest BCUT2D eigenvalue weighted by molar-refractivity contribution is 8.00. The number of halogens is 2. The first kappa shape index (κ1) is 18.5. The van der Waals surface area contributed by atoms with Crippen molar-refractivity contribution in [3.63, 3.8) is 0 Å². The Bertz CT molecular complexity index is 1130. The van der Waals surface area contributed by atoms with Gasteiger partial charge in [-0.3, -0.25) is 4.79 Å². The van der Waals surface area contributed by atoms with Gasteiger partial charge in [-0.25, -0.2) is 13.9 Å². The third kappa shape index (κ3) is 4.16. The van der Waals surface area contributed by atoms with Crippen LogP contribution >= 0.6 is 23.4 Å². The van der Waals surface area contributed by atoms with Crippen molar-refractivity contribution >= 4 is 40.5 Å². The molecule has 0 saturated heterocycles. The van der Waals surface area contributed by atoms with Gasteiger partial charge < -0.3 is 5.32 Å². The minimum absolute atomic E-state index is 0.144. The Balaban J connectivity index is 1.50. The number of benzene rings is 2. The lowest BCUT2D eigenvalue weighted by atomic mass is 10.1. The molecule has 2 aromatic carbocycles. The number of anilines is 1. The fraction of sp³-hybridized carbons (Fsp3) is 0.0500. The second kappa shape index (κ2) is 8.00. The highest BCUT2D eigenvalue weighted by Crippen LogP contribution is 2.26. The number of nitrogens with one attached hydrogen (secondary N) is 1. The van der Waals surface area contributed by atoms with Gasteiger partial charge in [-0.15, -0.1) is 0 Å². The first-order valence-corrected chi connectivity index (χ1v) is 9.73. The number of hydrogen-bond donors (Lipinski definition) is 1. The maximum absolute atomic E-state index is 13.1. The summed E-state index contributed by atoms with van der Waals surface area (Å²) in [4.78, 5) is 16.6. The molecule has 1 amide bonds. The summed E-state index contributed by atoms with van der Waals surface area (Å²) in [5.74, 6) is -0.238. The summed E-state index contributed by atoms with van der Waals surface area (Å²) in [5, 5.41) is 8.63. The van der Waals surface area contributed by atoms with Gasteiger partial charge in [-0.1, -0.05) is 23.4 Å². The summed E-state index contributed by atoms with van der Waals surface area (Å²) < 4.78 is 14.8. The molecule has 0 radical (unpaired) electrons. The predicted molar refractivity (Wildman–Crippen MR) is 109 cm³/mol.